The molecule has 2 rings (SSSR count). The van der Waals surface area contributed by atoms with Crippen molar-refractivity contribution in [2.75, 3.05) is 27.4 Å². The van der Waals surface area contributed by atoms with E-state index in [0.717, 1.165) is 18.1 Å². The first-order chi connectivity index (χ1) is 13.6. The highest BCUT2D eigenvalue weighted by Crippen LogP contribution is 2.38. The number of halogens is 1. The molecule has 0 saturated carbocycles. The second kappa shape index (κ2) is 13.1. The van der Waals surface area contributed by atoms with Crippen LogP contribution in [0.4, 0.5) is 0 Å². The minimum absolute atomic E-state index is 0. The molecule has 6 nitrogen and oxygen atoms in total. The first-order valence-electron chi connectivity index (χ1n) is 9.56. The standard InChI is InChI=1S/C22H31N3O3.HI/c1-6-23-22(24-14-17-10-8-16(3)9-11-17)25-15-18-12-19(26-4)21(28-7-2)20(13-18)27-5;/h8-13H,6-7,14-15H2,1-5H3,(H2,23,24,25);1H. The van der Waals surface area contributed by atoms with Crippen LogP contribution >= 0.6 is 24.0 Å². The first kappa shape index (κ1) is 24.9. The zero-order chi connectivity index (χ0) is 20.4. The van der Waals surface area contributed by atoms with Crippen molar-refractivity contribution in [1.82, 2.24) is 10.6 Å². The smallest absolute Gasteiger partial charge is 0.203 e. The topological polar surface area (TPSA) is 64.1 Å². The Morgan fingerprint density at radius 3 is 2.07 bits per heavy atom. The van der Waals surface area contributed by atoms with Gasteiger partial charge in [-0.1, -0.05) is 29.8 Å². The largest absolute Gasteiger partial charge is 0.493 e. The maximum Gasteiger partial charge on any atom is 0.203 e. The lowest BCUT2D eigenvalue weighted by molar-refractivity contribution is 0.288. The SMILES string of the molecule is CCNC(=NCc1cc(OC)c(OCC)c(OC)c1)NCc1ccc(C)cc1.I. The van der Waals surface area contributed by atoms with Gasteiger partial charge in [0.05, 0.1) is 27.4 Å². The van der Waals surface area contributed by atoms with E-state index in [9.17, 15) is 0 Å². The minimum atomic E-state index is 0. The van der Waals surface area contributed by atoms with Crippen LogP contribution in [0.3, 0.4) is 0 Å². The highest BCUT2D eigenvalue weighted by atomic mass is 127. The predicted molar refractivity (Wildman–Crippen MR) is 129 cm³/mol. The lowest BCUT2D eigenvalue weighted by Gasteiger charge is -2.15. The van der Waals surface area contributed by atoms with Gasteiger partial charge in [0.15, 0.2) is 17.5 Å². The maximum atomic E-state index is 5.65. The molecule has 0 unspecified atom stereocenters. The molecule has 7 heteroatoms. The Balaban J connectivity index is 0.00000420. The summed E-state index contributed by atoms with van der Waals surface area (Å²) >= 11 is 0. The van der Waals surface area contributed by atoms with Crippen LogP contribution in [-0.4, -0.2) is 33.3 Å². The number of guanidine groups is 1. The van der Waals surface area contributed by atoms with Crippen LogP contribution in [-0.2, 0) is 13.1 Å². The summed E-state index contributed by atoms with van der Waals surface area (Å²) in [4.78, 5) is 4.69. The van der Waals surface area contributed by atoms with Gasteiger partial charge < -0.3 is 24.8 Å². The van der Waals surface area contributed by atoms with E-state index in [4.69, 9.17) is 14.2 Å². The number of rotatable bonds is 9. The third-order valence-electron chi connectivity index (χ3n) is 4.15. The first-order valence-corrected chi connectivity index (χ1v) is 9.56. The second-order valence-electron chi connectivity index (χ2n) is 6.30. The fourth-order valence-corrected chi connectivity index (χ4v) is 2.72. The molecule has 2 aromatic carbocycles. The van der Waals surface area contributed by atoms with Crippen LogP contribution in [0, 0.1) is 6.92 Å². The number of nitrogens with zero attached hydrogens (tertiary/aromatic N) is 1. The highest BCUT2D eigenvalue weighted by molar-refractivity contribution is 14.0. The van der Waals surface area contributed by atoms with Crippen molar-refractivity contribution in [3.63, 3.8) is 0 Å². The summed E-state index contributed by atoms with van der Waals surface area (Å²) < 4.78 is 16.6. The van der Waals surface area contributed by atoms with E-state index in [0.29, 0.717) is 36.9 Å². The summed E-state index contributed by atoms with van der Waals surface area (Å²) in [6, 6.07) is 12.3. The van der Waals surface area contributed by atoms with Crippen LogP contribution in [0.5, 0.6) is 17.2 Å². The van der Waals surface area contributed by atoms with Crippen molar-refractivity contribution < 1.29 is 14.2 Å². The van der Waals surface area contributed by atoms with Crippen LogP contribution in [0.25, 0.3) is 0 Å². The van der Waals surface area contributed by atoms with E-state index < -0.39 is 0 Å². The van der Waals surface area contributed by atoms with Gasteiger partial charge in [-0.2, -0.15) is 0 Å². The number of hydrogen-bond acceptors (Lipinski definition) is 4. The van der Waals surface area contributed by atoms with Gasteiger partial charge in [0.1, 0.15) is 0 Å². The zero-order valence-electron chi connectivity index (χ0n) is 17.9. The number of nitrogens with one attached hydrogen (secondary N) is 2. The van der Waals surface area contributed by atoms with Gasteiger partial charge >= 0.3 is 0 Å². The van der Waals surface area contributed by atoms with Crippen LogP contribution in [0.2, 0.25) is 0 Å². The number of benzene rings is 2. The van der Waals surface area contributed by atoms with Gasteiger partial charge in [0, 0.05) is 13.1 Å². The molecular formula is C22H32IN3O3. The van der Waals surface area contributed by atoms with Gasteiger partial charge in [-0.15, -0.1) is 24.0 Å². The average Bonchev–Trinajstić information content (AvgIpc) is 2.71. The van der Waals surface area contributed by atoms with Crippen molar-refractivity contribution in [2.45, 2.75) is 33.9 Å². The van der Waals surface area contributed by atoms with E-state index in [2.05, 4.69) is 46.8 Å². The summed E-state index contributed by atoms with van der Waals surface area (Å²) in [5.41, 5.74) is 3.44. The molecular weight excluding hydrogens is 481 g/mol. The summed E-state index contributed by atoms with van der Waals surface area (Å²) in [5.74, 6) is 2.66. The molecule has 0 aromatic heterocycles. The van der Waals surface area contributed by atoms with Crippen molar-refractivity contribution in [3.8, 4) is 17.2 Å². The van der Waals surface area contributed by atoms with Gasteiger partial charge in [-0.05, 0) is 44.0 Å². The third kappa shape index (κ3) is 7.64. The number of hydrogen-bond donors (Lipinski definition) is 2. The highest BCUT2D eigenvalue weighted by Gasteiger charge is 2.13. The van der Waals surface area contributed by atoms with Crippen LogP contribution in [0.1, 0.15) is 30.5 Å². The number of aryl methyl sites for hydroxylation is 1. The van der Waals surface area contributed by atoms with Crippen molar-refractivity contribution in [1.29, 1.82) is 0 Å². The molecule has 0 aliphatic carbocycles. The molecule has 0 fully saturated rings. The van der Waals surface area contributed by atoms with Gasteiger partial charge in [0.2, 0.25) is 5.75 Å². The monoisotopic (exact) mass is 513 g/mol. The summed E-state index contributed by atoms with van der Waals surface area (Å²) in [6.45, 7) is 8.59. The van der Waals surface area contributed by atoms with E-state index in [-0.39, 0.29) is 24.0 Å². The maximum absolute atomic E-state index is 5.65. The molecule has 0 aliphatic heterocycles. The summed E-state index contributed by atoms with van der Waals surface area (Å²) in [5, 5.41) is 6.64. The predicted octanol–water partition coefficient (Wildman–Crippen LogP) is 4.28. The number of methoxy groups -OCH3 is 2. The molecule has 29 heavy (non-hydrogen) atoms. The fourth-order valence-electron chi connectivity index (χ4n) is 2.72. The van der Waals surface area contributed by atoms with Gasteiger partial charge in [-0.25, -0.2) is 4.99 Å². The van der Waals surface area contributed by atoms with Gasteiger partial charge in [-0.3, -0.25) is 0 Å². The van der Waals surface area contributed by atoms with E-state index in [1.807, 2.05) is 26.0 Å². The lowest BCUT2D eigenvalue weighted by atomic mass is 10.1. The summed E-state index contributed by atoms with van der Waals surface area (Å²) in [6.07, 6.45) is 0. The van der Waals surface area contributed by atoms with Crippen molar-refractivity contribution in [2.24, 2.45) is 4.99 Å². The van der Waals surface area contributed by atoms with Crippen LogP contribution in [0.15, 0.2) is 41.4 Å². The Labute approximate surface area is 191 Å². The van der Waals surface area contributed by atoms with Crippen LogP contribution < -0.4 is 24.8 Å². The quantitative estimate of drug-likeness (QED) is 0.298. The normalized spacial score (nSPS) is 10.7. The Bertz CT molecular complexity index is 754. The molecule has 0 spiro atoms. The molecule has 0 aliphatic rings. The van der Waals surface area contributed by atoms with E-state index in [1.54, 1.807) is 14.2 Å². The number of aliphatic imine (C=N–C) groups is 1. The molecule has 160 valence electrons. The third-order valence-corrected chi connectivity index (χ3v) is 4.15. The molecule has 2 aromatic rings. The number of ether oxygens (including phenoxy) is 3. The Hall–Kier alpha value is -2.16. The Morgan fingerprint density at radius 1 is 0.931 bits per heavy atom. The van der Waals surface area contributed by atoms with Crippen molar-refractivity contribution >= 4 is 29.9 Å². The average molecular weight is 513 g/mol. The van der Waals surface area contributed by atoms with E-state index >= 15 is 0 Å². The zero-order valence-corrected chi connectivity index (χ0v) is 20.2. The molecule has 0 amide bonds. The molecule has 0 atom stereocenters. The van der Waals surface area contributed by atoms with E-state index in [1.165, 1.54) is 11.1 Å². The molecule has 0 heterocycles. The lowest BCUT2D eigenvalue weighted by Crippen LogP contribution is -2.36. The Morgan fingerprint density at radius 2 is 1.55 bits per heavy atom. The van der Waals surface area contributed by atoms with Gasteiger partial charge in [0.25, 0.3) is 0 Å². The summed E-state index contributed by atoms with van der Waals surface area (Å²) in [7, 11) is 3.25. The molecule has 0 saturated heterocycles. The Kier molecular flexibility index (Phi) is 11.3. The van der Waals surface area contributed by atoms with Crippen molar-refractivity contribution in [3.05, 3.63) is 53.1 Å². The minimum Gasteiger partial charge on any atom is -0.493 e. The second-order valence-corrected chi connectivity index (χ2v) is 6.30. The fraction of sp³-hybridized carbons (Fsp3) is 0.409. The molecule has 0 bridgehead atoms. The molecule has 2 N–H and O–H groups in total. The molecule has 0 radical (unpaired) electrons.